The van der Waals surface area contributed by atoms with E-state index in [1.165, 1.54) is 0 Å². The number of rotatable bonds is 0. The standard InChI is InChI=1S/C20H24O10/c1-5-6-8(27-13(5)24)10(22)19-12-7(21)9(17(2,3)4)18(19)11(23)14(25)29-16(18)30-20(6,19)15(26)28-12/h5-12,16,21-23H,1-4H3/t5-,6+,7-,8?,9+,10+,11+,12?,16+,18?,19?,20-/m1/s1. The molecule has 2 saturated carbocycles. The van der Waals surface area contributed by atoms with Crippen molar-refractivity contribution in [3.63, 3.8) is 0 Å². The molecule has 10 heteroatoms. The molecule has 164 valence electrons. The first-order chi connectivity index (χ1) is 13.9. The lowest BCUT2D eigenvalue weighted by Crippen LogP contribution is -2.63. The van der Waals surface area contributed by atoms with Crippen molar-refractivity contribution in [3.8, 4) is 0 Å². The van der Waals surface area contributed by atoms with E-state index in [1.807, 2.05) is 20.8 Å². The van der Waals surface area contributed by atoms with Crippen molar-refractivity contribution in [2.75, 3.05) is 0 Å². The van der Waals surface area contributed by atoms with Gasteiger partial charge in [0.1, 0.15) is 18.3 Å². The molecule has 6 fully saturated rings. The van der Waals surface area contributed by atoms with Crippen LogP contribution >= 0.6 is 0 Å². The van der Waals surface area contributed by atoms with Gasteiger partial charge in [-0.3, -0.25) is 4.79 Å². The number of hydrogen-bond acceptors (Lipinski definition) is 10. The summed E-state index contributed by atoms with van der Waals surface area (Å²) in [5, 5.41) is 34.2. The van der Waals surface area contributed by atoms with E-state index < -0.39 is 94.3 Å². The molecule has 6 aliphatic rings. The molecule has 4 unspecified atom stereocenters. The van der Waals surface area contributed by atoms with Crippen LogP contribution in [0.2, 0.25) is 0 Å². The quantitative estimate of drug-likeness (QED) is 0.309. The Labute approximate surface area is 171 Å². The minimum atomic E-state index is -1.89. The molecule has 12 atom stereocenters. The van der Waals surface area contributed by atoms with Gasteiger partial charge in [0.05, 0.1) is 28.8 Å². The summed E-state index contributed by atoms with van der Waals surface area (Å²) < 4.78 is 22.7. The number of aliphatic hydroxyl groups is 3. The molecule has 2 aliphatic carbocycles. The lowest BCUT2D eigenvalue weighted by Gasteiger charge is -2.47. The third-order valence-electron chi connectivity index (χ3n) is 8.76. The predicted octanol–water partition coefficient (Wildman–Crippen LogP) is -1.51. The first-order valence-electron chi connectivity index (χ1n) is 10.2. The van der Waals surface area contributed by atoms with E-state index in [1.54, 1.807) is 6.92 Å². The van der Waals surface area contributed by atoms with Crippen LogP contribution in [0.15, 0.2) is 0 Å². The van der Waals surface area contributed by atoms with Gasteiger partial charge in [-0.1, -0.05) is 27.7 Å². The highest BCUT2D eigenvalue weighted by Gasteiger charge is 3.01. The maximum Gasteiger partial charge on any atom is 0.340 e. The number of carbonyl (C=O) groups is 3. The van der Waals surface area contributed by atoms with E-state index in [2.05, 4.69) is 0 Å². The third-order valence-corrected chi connectivity index (χ3v) is 8.76. The fourth-order valence-electron chi connectivity index (χ4n) is 8.28. The van der Waals surface area contributed by atoms with Crippen molar-refractivity contribution in [3.05, 3.63) is 0 Å². The van der Waals surface area contributed by atoms with E-state index in [0.29, 0.717) is 0 Å². The number of hydrogen-bond donors (Lipinski definition) is 3. The maximum absolute atomic E-state index is 13.3. The van der Waals surface area contributed by atoms with Crippen molar-refractivity contribution in [2.45, 2.75) is 70.1 Å². The smallest absolute Gasteiger partial charge is 0.340 e. The average molecular weight is 424 g/mol. The number of carbonyl (C=O) groups excluding carboxylic acids is 3. The summed E-state index contributed by atoms with van der Waals surface area (Å²) in [6.07, 6.45) is -8.29. The molecule has 0 radical (unpaired) electrons. The molecule has 0 bridgehead atoms. The van der Waals surface area contributed by atoms with Crippen LogP contribution in [-0.2, 0) is 33.3 Å². The normalized spacial score (nSPS) is 60.1. The number of fused-ring (bicyclic) bond motifs is 1. The lowest BCUT2D eigenvalue weighted by atomic mass is 9.51. The molecule has 0 aromatic carbocycles. The van der Waals surface area contributed by atoms with E-state index in [4.69, 9.17) is 18.9 Å². The van der Waals surface area contributed by atoms with E-state index in [-0.39, 0.29) is 0 Å². The Kier molecular flexibility index (Phi) is 3.06. The summed E-state index contributed by atoms with van der Waals surface area (Å²) >= 11 is 0. The molecule has 0 amide bonds. The average Bonchev–Trinajstić information content (AvgIpc) is 3.34. The molecule has 3 N–H and O–H groups in total. The summed E-state index contributed by atoms with van der Waals surface area (Å²) in [5.41, 5.74) is -5.96. The van der Waals surface area contributed by atoms with Crippen LogP contribution in [0, 0.1) is 34.0 Å². The molecule has 0 aromatic heterocycles. The van der Waals surface area contributed by atoms with Crippen molar-refractivity contribution < 1.29 is 48.7 Å². The van der Waals surface area contributed by atoms with Gasteiger partial charge in [-0.25, -0.2) is 9.59 Å². The summed E-state index contributed by atoms with van der Waals surface area (Å²) in [7, 11) is 0. The Morgan fingerprint density at radius 2 is 1.63 bits per heavy atom. The largest absolute Gasteiger partial charge is 0.459 e. The fourth-order valence-corrected chi connectivity index (χ4v) is 8.28. The van der Waals surface area contributed by atoms with Crippen LogP contribution in [0.1, 0.15) is 27.7 Å². The highest BCUT2D eigenvalue weighted by Crippen LogP contribution is 2.83. The van der Waals surface area contributed by atoms with Crippen molar-refractivity contribution in [1.82, 2.24) is 0 Å². The molecular weight excluding hydrogens is 400 g/mol. The van der Waals surface area contributed by atoms with Gasteiger partial charge >= 0.3 is 17.9 Å². The van der Waals surface area contributed by atoms with Crippen LogP contribution in [0.25, 0.3) is 0 Å². The molecule has 10 nitrogen and oxygen atoms in total. The van der Waals surface area contributed by atoms with Gasteiger partial charge in [0, 0.05) is 5.92 Å². The zero-order valence-electron chi connectivity index (χ0n) is 16.9. The predicted molar refractivity (Wildman–Crippen MR) is 91.9 cm³/mol. The molecule has 4 aliphatic heterocycles. The molecule has 6 rings (SSSR count). The first-order valence-corrected chi connectivity index (χ1v) is 10.2. The van der Waals surface area contributed by atoms with Crippen LogP contribution < -0.4 is 0 Å². The van der Waals surface area contributed by atoms with Gasteiger partial charge in [0.25, 0.3) is 0 Å². The number of aliphatic hydroxyl groups excluding tert-OH is 3. The topological polar surface area (TPSA) is 149 Å². The Morgan fingerprint density at radius 1 is 0.967 bits per heavy atom. The maximum atomic E-state index is 13.3. The van der Waals surface area contributed by atoms with E-state index in [0.717, 1.165) is 0 Å². The van der Waals surface area contributed by atoms with Gasteiger partial charge in [-0.05, 0) is 5.41 Å². The van der Waals surface area contributed by atoms with Crippen LogP contribution in [0.3, 0.4) is 0 Å². The lowest BCUT2D eigenvalue weighted by molar-refractivity contribution is -0.208. The minimum Gasteiger partial charge on any atom is -0.459 e. The number of esters is 3. The first kappa shape index (κ1) is 19.0. The van der Waals surface area contributed by atoms with Gasteiger partial charge < -0.3 is 34.3 Å². The second-order valence-corrected chi connectivity index (χ2v) is 10.6. The van der Waals surface area contributed by atoms with Gasteiger partial charge in [-0.2, -0.15) is 0 Å². The Morgan fingerprint density at radius 3 is 2.27 bits per heavy atom. The Bertz CT molecular complexity index is 910. The summed E-state index contributed by atoms with van der Waals surface area (Å²) in [5.74, 6) is -4.90. The molecule has 30 heavy (non-hydrogen) atoms. The molecule has 4 heterocycles. The van der Waals surface area contributed by atoms with E-state index >= 15 is 0 Å². The van der Waals surface area contributed by atoms with Crippen molar-refractivity contribution in [2.24, 2.45) is 34.0 Å². The summed E-state index contributed by atoms with van der Waals surface area (Å²) in [6.45, 7) is 7.05. The minimum absolute atomic E-state index is 0.581. The van der Waals surface area contributed by atoms with Gasteiger partial charge in [0.2, 0.25) is 6.29 Å². The highest BCUT2D eigenvalue weighted by atomic mass is 16.7. The molecular formula is C20H24O10. The second-order valence-electron chi connectivity index (χ2n) is 10.6. The monoisotopic (exact) mass is 424 g/mol. The van der Waals surface area contributed by atoms with E-state index in [9.17, 15) is 29.7 Å². The molecule has 2 spiro atoms. The zero-order chi connectivity index (χ0) is 21.8. The van der Waals surface area contributed by atoms with Gasteiger partial charge in [0.15, 0.2) is 11.7 Å². The van der Waals surface area contributed by atoms with Gasteiger partial charge in [-0.15, -0.1) is 0 Å². The summed E-state index contributed by atoms with van der Waals surface area (Å²) in [6, 6.07) is 0. The zero-order valence-corrected chi connectivity index (χ0v) is 16.9. The van der Waals surface area contributed by atoms with Crippen molar-refractivity contribution in [1.29, 1.82) is 0 Å². The van der Waals surface area contributed by atoms with Crippen LogP contribution in [0.4, 0.5) is 0 Å². The Balaban J connectivity index is 1.71. The molecule has 4 saturated heterocycles. The second kappa shape index (κ2) is 4.85. The summed E-state index contributed by atoms with van der Waals surface area (Å²) in [4.78, 5) is 38.2. The molecule has 0 aromatic rings. The Hall–Kier alpha value is -1.75. The fraction of sp³-hybridized carbons (Fsp3) is 0.850. The third kappa shape index (κ3) is 1.40. The van der Waals surface area contributed by atoms with Crippen LogP contribution in [0.5, 0.6) is 0 Å². The number of ether oxygens (including phenoxy) is 4. The van der Waals surface area contributed by atoms with Crippen molar-refractivity contribution >= 4 is 17.9 Å². The van der Waals surface area contributed by atoms with Crippen LogP contribution in [-0.4, -0.2) is 75.6 Å². The SMILES string of the molecule is C[C@H]1C(=O)OC2[C@H]1[C@@]13O[C@@H]4OC(=O)[C@H](O)C45[C@H](C(C)(C)C)[C@@H](O)C(OC1=O)C53[C@H]2O. The highest BCUT2D eigenvalue weighted by molar-refractivity contribution is 5.92.